The molecule has 4 nitrogen and oxygen atoms in total. The number of rotatable bonds is 15. The maximum Gasteiger partial charge on any atom is 0.343 e. The van der Waals surface area contributed by atoms with Gasteiger partial charge in [0.2, 0.25) is 0 Å². The van der Waals surface area contributed by atoms with Crippen molar-refractivity contribution in [3.8, 4) is 5.75 Å². The molecule has 0 spiro atoms. The molecule has 232 valence electrons. The third-order valence-electron chi connectivity index (χ3n) is 8.27. The predicted molar refractivity (Wildman–Crippen MR) is 182 cm³/mol. The molecule has 0 amide bonds. The summed E-state index contributed by atoms with van der Waals surface area (Å²) >= 11 is 3.47. The van der Waals surface area contributed by atoms with Gasteiger partial charge >= 0.3 is 11.9 Å². The van der Waals surface area contributed by atoms with E-state index >= 15 is 0 Å². The summed E-state index contributed by atoms with van der Waals surface area (Å²) < 4.78 is 30.1. The quantitative estimate of drug-likeness (QED) is 0.0654. The van der Waals surface area contributed by atoms with Crippen LogP contribution in [0.15, 0.2) is 54.6 Å². The fourth-order valence-electron chi connectivity index (χ4n) is 5.33. The fourth-order valence-corrected chi connectivity index (χ4v) is 8.09. The number of halogens is 1. The van der Waals surface area contributed by atoms with E-state index in [0.29, 0.717) is 5.56 Å². The molecular formula is C37H41FO4S2. The number of fused-ring (bicyclic) bond motifs is 5. The van der Waals surface area contributed by atoms with Crippen molar-refractivity contribution in [1.82, 2.24) is 0 Å². The van der Waals surface area contributed by atoms with Gasteiger partial charge in [-0.15, -0.1) is 22.7 Å². The Morgan fingerprint density at radius 1 is 0.750 bits per heavy atom. The van der Waals surface area contributed by atoms with Gasteiger partial charge in [-0.1, -0.05) is 90.3 Å². The number of esters is 2. The van der Waals surface area contributed by atoms with Gasteiger partial charge in [0.05, 0.1) is 27.1 Å². The van der Waals surface area contributed by atoms with Gasteiger partial charge in [-0.3, -0.25) is 0 Å². The maximum atomic E-state index is 14.8. The molecule has 0 aliphatic rings. The van der Waals surface area contributed by atoms with Crippen LogP contribution in [0.5, 0.6) is 5.75 Å². The zero-order valence-corrected chi connectivity index (χ0v) is 27.5. The van der Waals surface area contributed by atoms with Gasteiger partial charge in [-0.25, -0.2) is 14.0 Å². The van der Waals surface area contributed by atoms with Crippen LogP contribution in [0, 0.1) is 11.7 Å². The molecule has 7 heteroatoms. The van der Waals surface area contributed by atoms with Gasteiger partial charge in [0.1, 0.15) is 0 Å². The molecule has 5 aromatic rings. The van der Waals surface area contributed by atoms with E-state index in [2.05, 4.69) is 25.1 Å². The van der Waals surface area contributed by atoms with E-state index in [-0.39, 0.29) is 23.8 Å². The molecule has 0 fully saturated rings. The van der Waals surface area contributed by atoms with Crippen molar-refractivity contribution in [2.75, 3.05) is 6.61 Å². The Kier molecular flexibility index (Phi) is 11.0. The second-order valence-corrected chi connectivity index (χ2v) is 13.9. The highest BCUT2D eigenvalue weighted by Gasteiger charge is 2.18. The maximum absolute atomic E-state index is 14.8. The van der Waals surface area contributed by atoms with E-state index in [1.54, 1.807) is 28.7 Å². The number of hydrogen-bond acceptors (Lipinski definition) is 6. The standard InChI is InChI=1S/C37H41FO4S2/c1-4-6-7-8-9-10-11-12-13-25-14-17-28-32(20-25)43-35-29-18-15-27(22-33(29)44-34(28)35)37(40)42-31-19-16-26(21-30(31)38)36(39)41-23-24(3)5-2/h14-22,24H,4-13,23H2,1-3H3/t24-/m0/s1. The number of hydrogen-bond donors (Lipinski definition) is 0. The molecule has 0 aliphatic heterocycles. The molecule has 5 rings (SSSR count). The molecule has 0 unspecified atom stereocenters. The predicted octanol–water partition coefficient (Wildman–Crippen LogP) is 11.5. The molecule has 2 aromatic heterocycles. The zero-order valence-electron chi connectivity index (χ0n) is 25.9. The lowest BCUT2D eigenvalue weighted by Gasteiger charge is -2.10. The van der Waals surface area contributed by atoms with E-state index in [1.165, 1.54) is 88.5 Å². The molecule has 0 aliphatic carbocycles. The highest BCUT2D eigenvalue weighted by molar-refractivity contribution is 7.36. The lowest BCUT2D eigenvalue weighted by Crippen LogP contribution is -2.13. The van der Waals surface area contributed by atoms with Crippen LogP contribution in [0.4, 0.5) is 4.39 Å². The SMILES string of the molecule is CCCCCCCCCCc1ccc2c(c1)sc1c3ccc(C(=O)Oc4ccc(C(=O)OC[C@@H](C)CC)cc4F)cc3sc21. The van der Waals surface area contributed by atoms with Crippen LogP contribution < -0.4 is 4.74 Å². The Bertz CT molecular complexity index is 1750. The molecule has 0 N–H and O–H groups in total. The zero-order chi connectivity index (χ0) is 31.1. The molecule has 44 heavy (non-hydrogen) atoms. The summed E-state index contributed by atoms with van der Waals surface area (Å²) in [4.78, 5) is 25.2. The van der Waals surface area contributed by atoms with Crippen LogP contribution in [-0.4, -0.2) is 18.5 Å². The first-order valence-electron chi connectivity index (χ1n) is 15.9. The average Bonchev–Trinajstić information content (AvgIpc) is 3.56. The number of unbranched alkanes of at least 4 members (excludes halogenated alkanes) is 7. The molecule has 0 saturated heterocycles. The van der Waals surface area contributed by atoms with Crippen LogP contribution >= 0.6 is 22.7 Å². The average molecular weight is 633 g/mol. The van der Waals surface area contributed by atoms with Crippen molar-refractivity contribution in [1.29, 1.82) is 0 Å². The normalized spacial score (nSPS) is 12.3. The number of benzene rings is 3. The fraction of sp³-hybridized carbons (Fsp3) is 0.405. The van der Waals surface area contributed by atoms with Gasteiger partial charge < -0.3 is 9.47 Å². The van der Waals surface area contributed by atoms with Crippen molar-refractivity contribution in [2.24, 2.45) is 5.92 Å². The summed E-state index contributed by atoms with van der Waals surface area (Å²) in [6.07, 6.45) is 12.6. The molecule has 1 atom stereocenters. The largest absolute Gasteiger partial charge is 0.462 e. The molecule has 0 bridgehead atoms. The number of carbonyl (C=O) groups excluding carboxylic acids is 2. The van der Waals surface area contributed by atoms with Gasteiger partial charge in [0, 0.05) is 20.2 Å². The third kappa shape index (κ3) is 7.67. The second kappa shape index (κ2) is 15.1. The van der Waals surface area contributed by atoms with E-state index in [9.17, 15) is 14.0 Å². The number of thiophene rings is 2. The number of aryl methyl sites for hydroxylation is 1. The van der Waals surface area contributed by atoms with Crippen molar-refractivity contribution in [2.45, 2.75) is 85.0 Å². The molecule has 0 radical (unpaired) electrons. The summed E-state index contributed by atoms with van der Waals surface area (Å²) in [5.74, 6) is -2.04. The van der Waals surface area contributed by atoms with E-state index in [4.69, 9.17) is 9.47 Å². The Hall–Kier alpha value is -3.29. The minimum atomic E-state index is -0.790. The highest BCUT2D eigenvalue weighted by Crippen LogP contribution is 2.44. The first-order chi connectivity index (χ1) is 21.4. The Labute approximate surface area is 267 Å². The smallest absolute Gasteiger partial charge is 0.343 e. The Morgan fingerprint density at radius 3 is 2.05 bits per heavy atom. The minimum Gasteiger partial charge on any atom is -0.462 e. The van der Waals surface area contributed by atoms with Crippen LogP contribution in [0.2, 0.25) is 0 Å². The Balaban J connectivity index is 1.23. The molecule has 3 aromatic carbocycles. The molecule has 0 saturated carbocycles. The first-order valence-corrected chi connectivity index (χ1v) is 17.6. The van der Waals surface area contributed by atoms with Gasteiger partial charge in [-0.05, 0) is 60.7 Å². The molecule has 2 heterocycles. The van der Waals surface area contributed by atoms with Gasteiger partial charge in [0.25, 0.3) is 0 Å². The lowest BCUT2D eigenvalue weighted by molar-refractivity contribution is 0.0446. The van der Waals surface area contributed by atoms with Crippen molar-refractivity contribution in [3.63, 3.8) is 0 Å². The van der Waals surface area contributed by atoms with Crippen LogP contribution in [0.25, 0.3) is 29.6 Å². The monoisotopic (exact) mass is 632 g/mol. The third-order valence-corrected chi connectivity index (χ3v) is 10.8. The van der Waals surface area contributed by atoms with Crippen LogP contribution in [-0.2, 0) is 11.2 Å². The lowest BCUT2D eigenvalue weighted by atomic mass is 10.0. The summed E-state index contributed by atoms with van der Waals surface area (Å²) in [6.45, 7) is 6.52. The highest BCUT2D eigenvalue weighted by atomic mass is 32.1. The van der Waals surface area contributed by atoms with Crippen LogP contribution in [0.1, 0.15) is 105 Å². The summed E-state index contributed by atoms with van der Waals surface area (Å²) in [6, 6.07) is 16.1. The summed E-state index contributed by atoms with van der Waals surface area (Å²) in [5.41, 5.74) is 1.83. The van der Waals surface area contributed by atoms with Gasteiger partial charge in [0.15, 0.2) is 11.6 Å². The van der Waals surface area contributed by atoms with Crippen molar-refractivity contribution in [3.05, 3.63) is 77.1 Å². The minimum absolute atomic E-state index is 0.0817. The number of carbonyl (C=O) groups is 2. The number of ether oxygens (including phenoxy) is 2. The summed E-state index contributed by atoms with van der Waals surface area (Å²) in [7, 11) is 0. The second-order valence-electron chi connectivity index (χ2n) is 11.8. The Morgan fingerprint density at radius 2 is 1.36 bits per heavy atom. The van der Waals surface area contributed by atoms with Crippen molar-refractivity contribution >= 4 is 64.2 Å². The summed E-state index contributed by atoms with van der Waals surface area (Å²) in [5, 5.41) is 2.36. The topological polar surface area (TPSA) is 52.6 Å². The first kappa shape index (κ1) is 32.1. The molecular weight excluding hydrogens is 592 g/mol. The van der Waals surface area contributed by atoms with Crippen molar-refractivity contribution < 1.29 is 23.5 Å². The van der Waals surface area contributed by atoms with Gasteiger partial charge in [-0.2, -0.15) is 0 Å². The van der Waals surface area contributed by atoms with E-state index < -0.39 is 17.8 Å². The van der Waals surface area contributed by atoms with E-state index in [1.807, 2.05) is 26.0 Å². The van der Waals surface area contributed by atoms with Crippen LogP contribution in [0.3, 0.4) is 0 Å². The van der Waals surface area contributed by atoms with E-state index in [0.717, 1.165) is 29.0 Å².